The number of hydrogen-bond donors (Lipinski definition) is 1. The predicted octanol–water partition coefficient (Wildman–Crippen LogP) is 3.57. The van der Waals surface area contributed by atoms with Crippen molar-refractivity contribution in [3.63, 3.8) is 0 Å². The molecule has 0 aromatic heterocycles. The first-order valence-corrected chi connectivity index (χ1v) is 8.33. The topological polar surface area (TPSA) is 72.2 Å². The number of alkyl halides is 2. The minimum absolute atomic E-state index is 0.0179. The molecule has 1 amide bonds. The zero-order valence-electron chi connectivity index (χ0n) is 11.3. The molecule has 0 atom stereocenters. The molecular weight excluding hydrogens is 392 g/mol. The average molecular weight is 408 g/mol. The molecule has 0 bridgehead atoms. The summed E-state index contributed by atoms with van der Waals surface area (Å²) in [4.78, 5) is 22.6. The van der Waals surface area contributed by atoms with Crippen LogP contribution < -0.4 is 5.32 Å². The summed E-state index contributed by atoms with van der Waals surface area (Å²) >= 11 is 6.81. The van der Waals surface area contributed by atoms with Gasteiger partial charge in [-0.1, -0.05) is 38.8 Å². The minimum atomic E-state index is -0.454. The molecule has 0 fully saturated rings. The van der Waals surface area contributed by atoms with Crippen molar-refractivity contribution in [2.24, 2.45) is 0 Å². The fourth-order valence-electron chi connectivity index (χ4n) is 1.69. The second kappa shape index (κ2) is 7.17. The lowest BCUT2D eigenvalue weighted by atomic mass is 10.0. The molecule has 0 radical (unpaired) electrons. The third-order valence-corrected chi connectivity index (χ3v) is 5.37. The van der Waals surface area contributed by atoms with Gasteiger partial charge in [0.2, 0.25) is 0 Å². The number of hydrogen-bond acceptors (Lipinski definition) is 3. The van der Waals surface area contributed by atoms with Crippen LogP contribution in [0, 0.1) is 17.0 Å². The van der Waals surface area contributed by atoms with E-state index in [1.54, 1.807) is 6.92 Å². The maximum atomic E-state index is 12.2. The highest BCUT2D eigenvalue weighted by Crippen LogP contribution is 2.21. The summed E-state index contributed by atoms with van der Waals surface area (Å²) in [7, 11) is 0. The number of nitrogens with one attached hydrogen (secondary N) is 1. The largest absolute Gasteiger partial charge is 0.345 e. The van der Waals surface area contributed by atoms with Crippen LogP contribution in [0.4, 0.5) is 5.69 Å². The molecule has 1 aromatic rings. The van der Waals surface area contributed by atoms with Crippen molar-refractivity contribution in [3.05, 3.63) is 39.4 Å². The van der Waals surface area contributed by atoms with E-state index < -0.39 is 4.92 Å². The highest BCUT2D eigenvalue weighted by atomic mass is 79.9. The van der Waals surface area contributed by atoms with Crippen LogP contribution in [0.5, 0.6) is 0 Å². The third-order valence-electron chi connectivity index (χ3n) is 3.22. The monoisotopic (exact) mass is 406 g/mol. The number of nitro benzene ring substituents is 1. The molecule has 0 aliphatic carbocycles. The van der Waals surface area contributed by atoms with E-state index in [2.05, 4.69) is 37.2 Å². The number of carbonyl (C=O) groups excluding carboxylic acids is 1. The van der Waals surface area contributed by atoms with Crippen molar-refractivity contribution in [1.29, 1.82) is 0 Å². The molecule has 0 aliphatic rings. The predicted molar refractivity (Wildman–Crippen MR) is 85.9 cm³/mol. The Hall–Kier alpha value is -0.950. The van der Waals surface area contributed by atoms with E-state index in [4.69, 9.17) is 0 Å². The quantitative estimate of drug-likeness (QED) is 0.445. The normalized spacial score (nSPS) is 11.2. The number of benzene rings is 1. The van der Waals surface area contributed by atoms with Crippen LogP contribution in [0.15, 0.2) is 18.2 Å². The number of halogens is 2. The zero-order valence-corrected chi connectivity index (χ0v) is 14.5. The van der Waals surface area contributed by atoms with Gasteiger partial charge in [0, 0.05) is 27.9 Å². The van der Waals surface area contributed by atoms with Crippen molar-refractivity contribution in [1.82, 2.24) is 5.32 Å². The molecule has 0 spiro atoms. The number of nitro groups is 1. The van der Waals surface area contributed by atoms with Crippen molar-refractivity contribution in [2.45, 2.75) is 25.8 Å². The van der Waals surface area contributed by atoms with E-state index in [9.17, 15) is 14.9 Å². The van der Waals surface area contributed by atoms with Crippen LogP contribution in [-0.2, 0) is 0 Å². The van der Waals surface area contributed by atoms with Crippen LogP contribution in [0.25, 0.3) is 0 Å². The van der Waals surface area contributed by atoms with Crippen LogP contribution in [0.1, 0.15) is 29.3 Å². The molecule has 0 saturated heterocycles. The molecule has 1 rings (SSSR count). The van der Waals surface area contributed by atoms with Crippen LogP contribution in [-0.4, -0.2) is 27.0 Å². The van der Waals surface area contributed by atoms with E-state index in [1.807, 2.05) is 6.92 Å². The molecule has 5 nitrogen and oxygen atoms in total. The zero-order chi connectivity index (χ0) is 15.3. The molecule has 0 aliphatic heterocycles. The van der Waals surface area contributed by atoms with Gasteiger partial charge < -0.3 is 5.32 Å². The van der Waals surface area contributed by atoms with Gasteiger partial charge in [0.05, 0.1) is 10.5 Å². The van der Waals surface area contributed by atoms with Crippen LogP contribution in [0.3, 0.4) is 0 Å². The SMILES string of the molecule is CCC(CBr)(CBr)NC(=O)c1ccc([N+](=O)[O-])c(C)c1. The summed E-state index contributed by atoms with van der Waals surface area (Å²) in [6, 6.07) is 4.37. The summed E-state index contributed by atoms with van der Waals surface area (Å²) in [6.45, 7) is 3.61. The number of aryl methyl sites for hydroxylation is 1. The van der Waals surface area contributed by atoms with Gasteiger partial charge in [0.25, 0.3) is 11.6 Å². The van der Waals surface area contributed by atoms with Crippen molar-refractivity contribution >= 4 is 43.5 Å². The lowest BCUT2D eigenvalue weighted by molar-refractivity contribution is -0.385. The number of rotatable bonds is 6. The third kappa shape index (κ3) is 3.79. The molecule has 20 heavy (non-hydrogen) atoms. The van der Waals surface area contributed by atoms with E-state index >= 15 is 0 Å². The van der Waals surface area contributed by atoms with Crippen molar-refractivity contribution in [2.75, 3.05) is 10.7 Å². The molecule has 1 N–H and O–H groups in total. The Morgan fingerprint density at radius 1 is 1.40 bits per heavy atom. The Labute approximate surface area is 134 Å². The van der Waals surface area contributed by atoms with Gasteiger partial charge in [-0.15, -0.1) is 0 Å². The molecule has 0 unspecified atom stereocenters. The van der Waals surface area contributed by atoms with Gasteiger partial charge in [0.1, 0.15) is 0 Å². The molecule has 7 heteroatoms. The number of carbonyl (C=O) groups is 1. The van der Waals surface area contributed by atoms with Gasteiger partial charge >= 0.3 is 0 Å². The van der Waals surface area contributed by atoms with Crippen molar-refractivity contribution in [3.8, 4) is 0 Å². The molecule has 1 aromatic carbocycles. The molecule has 0 saturated carbocycles. The Kier molecular flexibility index (Phi) is 6.13. The van der Waals surface area contributed by atoms with E-state index in [0.29, 0.717) is 21.8 Å². The summed E-state index contributed by atoms with van der Waals surface area (Å²) in [6.07, 6.45) is 0.765. The van der Waals surface area contributed by atoms with Gasteiger partial charge in [-0.2, -0.15) is 0 Å². The van der Waals surface area contributed by atoms with Crippen LogP contribution in [0.2, 0.25) is 0 Å². The second-order valence-corrected chi connectivity index (χ2v) is 5.74. The molecular formula is C13H16Br2N2O3. The standard InChI is InChI=1S/C13H16Br2N2O3/c1-3-13(7-14,8-15)16-12(18)10-4-5-11(17(19)20)9(2)6-10/h4-6H,3,7-8H2,1-2H3,(H,16,18). The highest BCUT2D eigenvalue weighted by molar-refractivity contribution is 9.09. The minimum Gasteiger partial charge on any atom is -0.345 e. The highest BCUT2D eigenvalue weighted by Gasteiger charge is 2.28. The summed E-state index contributed by atoms with van der Waals surface area (Å²) < 4.78 is 0. The van der Waals surface area contributed by atoms with Gasteiger partial charge in [-0.05, 0) is 25.5 Å². The Balaban J connectivity index is 2.99. The molecule has 110 valence electrons. The lowest BCUT2D eigenvalue weighted by Gasteiger charge is -2.30. The maximum Gasteiger partial charge on any atom is 0.272 e. The Bertz CT molecular complexity index is 508. The summed E-state index contributed by atoms with van der Waals surface area (Å²) in [5.74, 6) is -0.233. The van der Waals surface area contributed by atoms with E-state index in [1.165, 1.54) is 18.2 Å². The number of nitrogens with zero attached hydrogens (tertiary/aromatic N) is 1. The maximum absolute atomic E-state index is 12.2. The van der Waals surface area contributed by atoms with Crippen molar-refractivity contribution < 1.29 is 9.72 Å². The fourth-order valence-corrected chi connectivity index (χ4v) is 3.70. The molecule has 0 heterocycles. The average Bonchev–Trinajstić information content (AvgIpc) is 2.44. The van der Waals surface area contributed by atoms with Gasteiger partial charge in [-0.25, -0.2) is 0 Å². The first-order valence-electron chi connectivity index (χ1n) is 6.08. The summed E-state index contributed by atoms with van der Waals surface area (Å²) in [5, 5.41) is 15.0. The lowest BCUT2D eigenvalue weighted by Crippen LogP contribution is -2.51. The Morgan fingerprint density at radius 3 is 2.40 bits per heavy atom. The fraction of sp³-hybridized carbons (Fsp3) is 0.462. The Morgan fingerprint density at radius 2 is 2.00 bits per heavy atom. The van der Waals surface area contributed by atoms with E-state index in [0.717, 1.165) is 6.42 Å². The smallest absolute Gasteiger partial charge is 0.272 e. The first kappa shape index (κ1) is 17.1. The summed E-state index contributed by atoms with van der Waals surface area (Å²) in [5.41, 5.74) is 0.548. The van der Waals surface area contributed by atoms with Crippen LogP contribution >= 0.6 is 31.9 Å². The van der Waals surface area contributed by atoms with Gasteiger partial charge in [-0.3, -0.25) is 14.9 Å². The first-order chi connectivity index (χ1) is 9.39. The number of amides is 1. The van der Waals surface area contributed by atoms with E-state index in [-0.39, 0.29) is 17.1 Å². The second-order valence-electron chi connectivity index (χ2n) is 4.61. The van der Waals surface area contributed by atoms with Gasteiger partial charge in [0.15, 0.2) is 0 Å².